The molecule has 5 nitrogen and oxygen atoms in total. The molecular weight excluding hydrogens is 374 g/mol. The molecule has 2 aromatic carbocycles. The molecule has 0 radical (unpaired) electrons. The van der Waals surface area contributed by atoms with E-state index in [9.17, 15) is 4.79 Å². The Balaban J connectivity index is 1.89. The second-order valence-electron chi connectivity index (χ2n) is 7.95. The van der Waals surface area contributed by atoms with Gasteiger partial charge in [0.1, 0.15) is 5.75 Å². The first kappa shape index (κ1) is 22.2. The Morgan fingerprint density at radius 1 is 1.03 bits per heavy atom. The van der Waals surface area contributed by atoms with E-state index in [4.69, 9.17) is 4.74 Å². The number of amides is 1. The number of rotatable bonds is 9. The first-order valence-corrected chi connectivity index (χ1v) is 11.1. The summed E-state index contributed by atoms with van der Waals surface area (Å²) in [5.74, 6) is 0.934. The number of carbonyl (C=O) groups is 1. The van der Waals surface area contributed by atoms with Crippen molar-refractivity contribution in [2.75, 3.05) is 44.7 Å². The fourth-order valence-electron chi connectivity index (χ4n) is 4.30. The van der Waals surface area contributed by atoms with Crippen LogP contribution in [0.3, 0.4) is 0 Å². The van der Waals surface area contributed by atoms with Crippen molar-refractivity contribution < 1.29 is 9.53 Å². The first-order chi connectivity index (χ1) is 14.6. The minimum absolute atomic E-state index is 0.0876. The number of anilines is 2. The Hall–Kier alpha value is -2.53. The summed E-state index contributed by atoms with van der Waals surface area (Å²) >= 11 is 0. The van der Waals surface area contributed by atoms with Crippen molar-refractivity contribution in [2.24, 2.45) is 0 Å². The van der Waals surface area contributed by atoms with Crippen molar-refractivity contribution in [3.05, 3.63) is 54.1 Å². The van der Waals surface area contributed by atoms with Gasteiger partial charge in [-0.3, -0.25) is 4.79 Å². The highest BCUT2D eigenvalue weighted by Crippen LogP contribution is 2.31. The molecule has 1 fully saturated rings. The van der Waals surface area contributed by atoms with Gasteiger partial charge in [-0.1, -0.05) is 6.07 Å². The number of nitrogens with zero attached hydrogens (tertiary/aromatic N) is 3. The number of benzene rings is 2. The number of hydrogen-bond donors (Lipinski definition) is 0. The topological polar surface area (TPSA) is 36.0 Å². The minimum atomic E-state index is 0.0876. The predicted molar refractivity (Wildman–Crippen MR) is 124 cm³/mol. The van der Waals surface area contributed by atoms with Gasteiger partial charge < -0.3 is 19.4 Å². The van der Waals surface area contributed by atoms with Crippen LogP contribution in [0.5, 0.6) is 5.75 Å². The molecule has 1 saturated heterocycles. The van der Waals surface area contributed by atoms with Crippen molar-refractivity contribution >= 4 is 17.3 Å². The SMILES string of the molecule is CCN(CC)C(=O)c1ccc(N(c2cccc(OC)c2)C(C)CN2CCCC2)cc1. The van der Waals surface area contributed by atoms with Crippen LogP contribution in [-0.2, 0) is 0 Å². The van der Waals surface area contributed by atoms with E-state index >= 15 is 0 Å². The molecule has 30 heavy (non-hydrogen) atoms. The third-order valence-corrected chi connectivity index (χ3v) is 5.94. The molecule has 0 spiro atoms. The number of likely N-dealkylation sites (tertiary alicyclic amines) is 1. The summed E-state index contributed by atoms with van der Waals surface area (Å²) in [6.07, 6.45) is 2.57. The van der Waals surface area contributed by atoms with Crippen LogP contribution < -0.4 is 9.64 Å². The van der Waals surface area contributed by atoms with Gasteiger partial charge in [-0.25, -0.2) is 0 Å². The van der Waals surface area contributed by atoms with E-state index < -0.39 is 0 Å². The fourth-order valence-corrected chi connectivity index (χ4v) is 4.30. The van der Waals surface area contributed by atoms with Gasteiger partial charge in [0.15, 0.2) is 0 Å². The van der Waals surface area contributed by atoms with Gasteiger partial charge in [0.25, 0.3) is 5.91 Å². The second-order valence-corrected chi connectivity index (χ2v) is 7.95. The predicted octanol–water partition coefficient (Wildman–Crippen LogP) is 4.80. The van der Waals surface area contributed by atoms with E-state index in [-0.39, 0.29) is 5.91 Å². The maximum absolute atomic E-state index is 12.7. The van der Waals surface area contributed by atoms with Gasteiger partial charge in [0.05, 0.1) is 7.11 Å². The summed E-state index contributed by atoms with van der Waals surface area (Å²) < 4.78 is 5.47. The molecule has 3 rings (SSSR count). The lowest BCUT2D eigenvalue weighted by Crippen LogP contribution is -2.39. The van der Waals surface area contributed by atoms with Crippen molar-refractivity contribution in [2.45, 2.75) is 39.7 Å². The fraction of sp³-hybridized carbons (Fsp3) is 0.480. The lowest BCUT2D eigenvalue weighted by atomic mass is 10.1. The number of hydrogen-bond acceptors (Lipinski definition) is 4. The number of methoxy groups -OCH3 is 1. The second kappa shape index (κ2) is 10.5. The number of carbonyl (C=O) groups excluding carboxylic acids is 1. The quantitative estimate of drug-likeness (QED) is 0.596. The average molecular weight is 410 g/mol. The van der Waals surface area contributed by atoms with Crippen LogP contribution in [0.2, 0.25) is 0 Å². The summed E-state index contributed by atoms with van der Waals surface area (Å²) in [6, 6.07) is 16.5. The molecule has 0 aromatic heterocycles. The monoisotopic (exact) mass is 409 g/mol. The third-order valence-electron chi connectivity index (χ3n) is 5.94. The number of ether oxygens (including phenoxy) is 1. The summed E-state index contributed by atoms with van der Waals surface area (Å²) in [5.41, 5.74) is 2.93. The molecular formula is C25H35N3O2. The molecule has 1 aliphatic heterocycles. The van der Waals surface area contributed by atoms with E-state index in [2.05, 4.69) is 41.0 Å². The summed E-state index contributed by atoms with van der Waals surface area (Å²) in [7, 11) is 1.70. The van der Waals surface area contributed by atoms with Crippen molar-refractivity contribution in [3.63, 3.8) is 0 Å². The van der Waals surface area contributed by atoms with Crippen LogP contribution in [0.25, 0.3) is 0 Å². The van der Waals surface area contributed by atoms with E-state index in [1.807, 2.05) is 43.0 Å². The standard InChI is InChI=1S/C25H35N3O2/c1-5-27(6-2)25(29)21-12-14-22(15-13-21)28(20(3)19-26-16-7-8-17-26)23-10-9-11-24(18-23)30-4/h9-15,18,20H,5-8,16-17,19H2,1-4H3. The third kappa shape index (κ3) is 5.14. The summed E-state index contributed by atoms with van der Waals surface area (Å²) in [5, 5.41) is 0. The Morgan fingerprint density at radius 2 is 1.70 bits per heavy atom. The van der Waals surface area contributed by atoms with E-state index in [0.29, 0.717) is 6.04 Å². The van der Waals surface area contributed by atoms with Gasteiger partial charge in [-0.05, 0) is 83.1 Å². The molecule has 1 heterocycles. The Kier molecular flexibility index (Phi) is 7.75. The molecule has 0 aliphatic carbocycles. The lowest BCUT2D eigenvalue weighted by molar-refractivity contribution is 0.0773. The van der Waals surface area contributed by atoms with E-state index in [0.717, 1.165) is 42.3 Å². The van der Waals surface area contributed by atoms with Gasteiger partial charge in [0.2, 0.25) is 0 Å². The maximum atomic E-state index is 12.7. The average Bonchev–Trinajstić information content (AvgIpc) is 3.28. The molecule has 1 unspecified atom stereocenters. The molecule has 5 heteroatoms. The van der Waals surface area contributed by atoms with E-state index in [1.54, 1.807) is 7.11 Å². The Bertz CT molecular complexity index is 811. The first-order valence-electron chi connectivity index (χ1n) is 11.1. The van der Waals surface area contributed by atoms with Crippen molar-refractivity contribution in [1.82, 2.24) is 9.80 Å². The van der Waals surface area contributed by atoms with Crippen LogP contribution >= 0.6 is 0 Å². The van der Waals surface area contributed by atoms with Gasteiger partial charge in [-0.15, -0.1) is 0 Å². The van der Waals surface area contributed by atoms with Crippen LogP contribution in [0.15, 0.2) is 48.5 Å². The molecule has 1 amide bonds. The molecule has 0 bridgehead atoms. The smallest absolute Gasteiger partial charge is 0.253 e. The van der Waals surface area contributed by atoms with Crippen LogP contribution in [-0.4, -0.2) is 61.6 Å². The van der Waals surface area contributed by atoms with Crippen LogP contribution in [0.1, 0.15) is 44.0 Å². The highest BCUT2D eigenvalue weighted by molar-refractivity contribution is 5.94. The molecule has 0 saturated carbocycles. The summed E-state index contributed by atoms with van der Waals surface area (Å²) in [4.78, 5) is 19.4. The minimum Gasteiger partial charge on any atom is -0.497 e. The van der Waals surface area contributed by atoms with Crippen LogP contribution in [0.4, 0.5) is 11.4 Å². The zero-order valence-corrected chi connectivity index (χ0v) is 18.8. The normalized spacial score (nSPS) is 15.1. The van der Waals surface area contributed by atoms with Gasteiger partial charge >= 0.3 is 0 Å². The molecule has 162 valence electrons. The van der Waals surface area contributed by atoms with Crippen LogP contribution in [0, 0.1) is 0 Å². The zero-order chi connectivity index (χ0) is 21.5. The van der Waals surface area contributed by atoms with E-state index in [1.165, 1.54) is 25.9 Å². The Labute approximate surface area is 181 Å². The van der Waals surface area contributed by atoms with Crippen molar-refractivity contribution in [1.29, 1.82) is 0 Å². The largest absolute Gasteiger partial charge is 0.497 e. The highest BCUT2D eigenvalue weighted by Gasteiger charge is 2.22. The highest BCUT2D eigenvalue weighted by atomic mass is 16.5. The molecule has 1 atom stereocenters. The van der Waals surface area contributed by atoms with Gasteiger partial charge in [-0.2, -0.15) is 0 Å². The molecule has 2 aromatic rings. The molecule has 1 aliphatic rings. The maximum Gasteiger partial charge on any atom is 0.253 e. The van der Waals surface area contributed by atoms with Crippen molar-refractivity contribution in [3.8, 4) is 5.75 Å². The van der Waals surface area contributed by atoms with Gasteiger partial charge in [0, 0.05) is 48.7 Å². The Morgan fingerprint density at radius 3 is 2.30 bits per heavy atom. The molecule has 0 N–H and O–H groups in total. The zero-order valence-electron chi connectivity index (χ0n) is 18.8. The summed E-state index contributed by atoms with van der Waals surface area (Å²) in [6.45, 7) is 11.1. The lowest BCUT2D eigenvalue weighted by Gasteiger charge is -2.34.